The predicted octanol–water partition coefficient (Wildman–Crippen LogP) is 1.17. The zero-order valence-corrected chi connectivity index (χ0v) is 11.9. The average molecular weight is 265 g/mol. The Balaban J connectivity index is 2.94. The Morgan fingerprint density at radius 3 is 2.68 bits per heavy atom. The Morgan fingerprint density at radius 1 is 1.37 bits per heavy atom. The van der Waals surface area contributed by atoms with Crippen molar-refractivity contribution in [2.45, 2.75) is 33.1 Å². The zero-order chi connectivity index (χ0) is 14.3. The SMILES string of the molecule is CCCNc1cc(N(C)CC(N)=O)nc(CCC)n1. The number of aromatic nitrogens is 2. The largest absolute Gasteiger partial charge is 0.370 e. The van der Waals surface area contributed by atoms with Crippen molar-refractivity contribution in [1.29, 1.82) is 0 Å². The van der Waals surface area contributed by atoms with Crippen LogP contribution in [0.4, 0.5) is 11.6 Å². The van der Waals surface area contributed by atoms with E-state index in [0.717, 1.165) is 43.3 Å². The number of likely N-dealkylation sites (N-methyl/N-ethyl adjacent to an activating group) is 1. The molecule has 0 aliphatic heterocycles. The molecule has 0 saturated carbocycles. The molecule has 3 N–H and O–H groups in total. The number of carbonyl (C=O) groups excluding carboxylic acids is 1. The van der Waals surface area contributed by atoms with Gasteiger partial charge in [-0.05, 0) is 12.8 Å². The minimum Gasteiger partial charge on any atom is -0.370 e. The number of hydrogen-bond donors (Lipinski definition) is 2. The molecule has 0 saturated heterocycles. The highest BCUT2D eigenvalue weighted by atomic mass is 16.1. The summed E-state index contributed by atoms with van der Waals surface area (Å²) in [6.45, 7) is 5.20. The average Bonchev–Trinajstić information content (AvgIpc) is 2.35. The Hall–Kier alpha value is -1.85. The van der Waals surface area contributed by atoms with Crippen LogP contribution in [0.3, 0.4) is 0 Å². The Labute approximate surface area is 114 Å². The normalized spacial score (nSPS) is 10.3. The fraction of sp³-hybridized carbons (Fsp3) is 0.615. The first-order valence-corrected chi connectivity index (χ1v) is 6.68. The van der Waals surface area contributed by atoms with Crippen molar-refractivity contribution in [3.8, 4) is 0 Å². The van der Waals surface area contributed by atoms with Crippen molar-refractivity contribution < 1.29 is 4.79 Å². The molecule has 0 aliphatic rings. The highest BCUT2D eigenvalue weighted by Crippen LogP contribution is 2.15. The quantitative estimate of drug-likeness (QED) is 0.737. The first kappa shape index (κ1) is 15.2. The first-order valence-electron chi connectivity index (χ1n) is 6.68. The fourth-order valence-electron chi connectivity index (χ4n) is 1.67. The highest BCUT2D eigenvalue weighted by molar-refractivity contribution is 5.79. The molecule has 1 aromatic heterocycles. The molecule has 6 nitrogen and oxygen atoms in total. The summed E-state index contributed by atoms with van der Waals surface area (Å²) >= 11 is 0. The molecule has 0 fully saturated rings. The van der Waals surface area contributed by atoms with Crippen LogP contribution in [0.1, 0.15) is 32.5 Å². The van der Waals surface area contributed by atoms with Gasteiger partial charge in [-0.15, -0.1) is 0 Å². The van der Waals surface area contributed by atoms with Gasteiger partial charge in [-0.3, -0.25) is 4.79 Å². The summed E-state index contributed by atoms with van der Waals surface area (Å²) in [4.78, 5) is 21.6. The molecule has 1 aromatic rings. The van der Waals surface area contributed by atoms with Gasteiger partial charge in [-0.2, -0.15) is 0 Å². The van der Waals surface area contributed by atoms with E-state index >= 15 is 0 Å². The lowest BCUT2D eigenvalue weighted by Gasteiger charge is -2.18. The lowest BCUT2D eigenvalue weighted by Crippen LogP contribution is -2.31. The zero-order valence-electron chi connectivity index (χ0n) is 11.9. The van der Waals surface area contributed by atoms with E-state index in [0.29, 0.717) is 0 Å². The Morgan fingerprint density at radius 2 is 2.11 bits per heavy atom. The number of nitrogens with one attached hydrogen (secondary N) is 1. The van der Waals surface area contributed by atoms with Crippen molar-refractivity contribution in [3.05, 3.63) is 11.9 Å². The number of rotatable bonds is 8. The van der Waals surface area contributed by atoms with E-state index in [2.05, 4.69) is 29.1 Å². The van der Waals surface area contributed by atoms with Gasteiger partial charge in [-0.25, -0.2) is 9.97 Å². The topological polar surface area (TPSA) is 84.1 Å². The van der Waals surface area contributed by atoms with Crippen LogP contribution in [-0.4, -0.2) is 36.0 Å². The van der Waals surface area contributed by atoms with E-state index in [-0.39, 0.29) is 12.5 Å². The predicted molar refractivity (Wildman–Crippen MR) is 77.3 cm³/mol. The van der Waals surface area contributed by atoms with Crippen molar-refractivity contribution in [2.24, 2.45) is 5.73 Å². The van der Waals surface area contributed by atoms with Gasteiger partial charge in [0.05, 0.1) is 6.54 Å². The maximum atomic E-state index is 11.0. The summed E-state index contributed by atoms with van der Waals surface area (Å²) < 4.78 is 0. The lowest BCUT2D eigenvalue weighted by molar-refractivity contribution is -0.116. The molecule has 1 amide bonds. The van der Waals surface area contributed by atoms with E-state index in [4.69, 9.17) is 5.73 Å². The van der Waals surface area contributed by atoms with Gasteiger partial charge >= 0.3 is 0 Å². The van der Waals surface area contributed by atoms with Crippen LogP contribution >= 0.6 is 0 Å². The summed E-state index contributed by atoms with van der Waals surface area (Å²) in [5.74, 6) is 1.93. The molecule has 1 rings (SSSR count). The molecule has 0 unspecified atom stereocenters. The smallest absolute Gasteiger partial charge is 0.236 e. The molecule has 0 aliphatic carbocycles. The number of carbonyl (C=O) groups is 1. The number of anilines is 2. The third-order valence-corrected chi connectivity index (χ3v) is 2.57. The molecule has 6 heteroatoms. The minimum absolute atomic E-state index is 0.149. The number of primary amides is 1. The standard InChI is InChI=1S/C13H23N5O/c1-4-6-11-16-12(15-7-5-2)8-13(17-11)18(3)9-10(14)19/h8H,4-7,9H2,1-3H3,(H2,14,19)(H,15,16,17). The maximum absolute atomic E-state index is 11.0. The van der Waals surface area contributed by atoms with Crippen LogP contribution in [0.25, 0.3) is 0 Å². The Kier molecular flexibility index (Phi) is 6.05. The van der Waals surface area contributed by atoms with Crippen molar-refractivity contribution in [3.63, 3.8) is 0 Å². The van der Waals surface area contributed by atoms with E-state index < -0.39 is 0 Å². The summed E-state index contributed by atoms with van der Waals surface area (Å²) in [6.07, 6.45) is 2.83. The van der Waals surface area contributed by atoms with Gasteiger partial charge < -0.3 is 16.0 Å². The van der Waals surface area contributed by atoms with Gasteiger partial charge in [0.2, 0.25) is 5.91 Å². The third kappa shape index (κ3) is 5.11. The third-order valence-electron chi connectivity index (χ3n) is 2.57. The summed E-state index contributed by atoms with van der Waals surface area (Å²) in [7, 11) is 1.80. The van der Waals surface area contributed by atoms with E-state index in [1.54, 1.807) is 11.9 Å². The van der Waals surface area contributed by atoms with E-state index in [1.807, 2.05) is 6.07 Å². The van der Waals surface area contributed by atoms with Crippen LogP contribution in [0, 0.1) is 0 Å². The maximum Gasteiger partial charge on any atom is 0.236 e. The molecule has 0 radical (unpaired) electrons. The van der Waals surface area contributed by atoms with Gasteiger partial charge in [0.1, 0.15) is 17.5 Å². The monoisotopic (exact) mass is 265 g/mol. The molecule has 0 spiro atoms. The molecule has 0 atom stereocenters. The lowest BCUT2D eigenvalue weighted by atomic mass is 10.3. The second-order valence-corrected chi connectivity index (χ2v) is 4.53. The summed E-state index contributed by atoms with van der Waals surface area (Å²) in [5.41, 5.74) is 5.21. The number of hydrogen-bond acceptors (Lipinski definition) is 5. The van der Waals surface area contributed by atoms with E-state index in [1.165, 1.54) is 0 Å². The van der Waals surface area contributed by atoms with Crippen molar-refractivity contribution >= 4 is 17.5 Å². The second-order valence-electron chi connectivity index (χ2n) is 4.53. The van der Waals surface area contributed by atoms with Crippen LogP contribution in [-0.2, 0) is 11.2 Å². The summed E-state index contributed by atoms with van der Waals surface area (Å²) in [6, 6.07) is 1.84. The van der Waals surface area contributed by atoms with Gasteiger partial charge in [-0.1, -0.05) is 13.8 Å². The Bertz CT molecular complexity index is 421. The van der Waals surface area contributed by atoms with Gasteiger partial charge in [0.25, 0.3) is 0 Å². The van der Waals surface area contributed by atoms with Crippen LogP contribution < -0.4 is 16.0 Å². The second kappa shape index (κ2) is 7.56. The number of amides is 1. The van der Waals surface area contributed by atoms with Crippen molar-refractivity contribution in [2.75, 3.05) is 30.4 Å². The number of nitrogens with zero attached hydrogens (tertiary/aromatic N) is 3. The highest BCUT2D eigenvalue weighted by Gasteiger charge is 2.09. The molecular weight excluding hydrogens is 242 g/mol. The van der Waals surface area contributed by atoms with Gasteiger partial charge in [0.15, 0.2) is 0 Å². The fourth-order valence-corrected chi connectivity index (χ4v) is 1.67. The van der Waals surface area contributed by atoms with Crippen LogP contribution in [0.15, 0.2) is 6.07 Å². The van der Waals surface area contributed by atoms with Crippen molar-refractivity contribution in [1.82, 2.24) is 9.97 Å². The van der Waals surface area contributed by atoms with Crippen LogP contribution in [0.2, 0.25) is 0 Å². The van der Waals surface area contributed by atoms with E-state index in [9.17, 15) is 4.79 Å². The molecular formula is C13H23N5O. The van der Waals surface area contributed by atoms with Gasteiger partial charge in [0, 0.05) is 26.1 Å². The molecule has 106 valence electrons. The number of nitrogens with two attached hydrogens (primary N) is 1. The molecule has 19 heavy (non-hydrogen) atoms. The molecule has 0 aromatic carbocycles. The molecule has 1 heterocycles. The molecule has 0 bridgehead atoms. The first-order chi connectivity index (χ1) is 9.06. The van der Waals surface area contributed by atoms with Crippen LogP contribution in [0.5, 0.6) is 0 Å². The summed E-state index contributed by atoms with van der Waals surface area (Å²) in [5, 5.41) is 3.25. The minimum atomic E-state index is -0.374. The number of aryl methyl sites for hydroxylation is 1.